The molecule has 0 aliphatic rings. The van der Waals surface area contributed by atoms with Crippen molar-refractivity contribution in [2.45, 2.75) is 0 Å². The summed E-state index contributed by atoms with van der Waals surface area (Å²) >= 11 is 1.60. The first-order chi connectivity index (χ1) is 7.75. The van der Waals surface area contributed by atoms with Crippen LogP contribution in [0, 0.1) is 12.3 Å². The maximum atomic E-state index is 10.8. The number of carboxylic acid groups (broad SMARTS) is 1. The highest BCUT2D eigenvalue weighted by Crippen LogP contribution is 2.09. The molecule has 1 rings (SSSR count). The number of nitrogens with one attached hydrogen (secondary N) is 1. The van der Waals surface area contributed by atoms with Crippen LogP contribution in [0.5, 0.6) is 0 Å². The van der Waals surface area contributed by atoms with Crippen molar-refractivity contribution in [2.75, 3.05) is 23.4 Å². The third kappa shape index (κ3) is 3.79. The predicted octanol–water partition coefficient (Wildman–Crippen LogP) is 0.953. The molecule has 84 valence electrons. The summed E-state index contributed by atoms with van der Waals surface area (Å²) in [6.45, 7) is 0.615. The molecule has 0 aliphatic carbocycles. The first-order valence-corrected chi connectivity index (χ1v) is 5.69. The van der Waals surface area contributed by atoms with Gasteiger partial charge < -0.3 is 10.4 Å². The second-order valence-electron chi connectivity index (χ2n) is 2.77. The van der Waals surface area contributed by atoms with Crippen molar-refractivity contribution in [1.82, 2.24) is 9.97 Å². The van der Waals surface area contributed by atoms with E-state index < -0.39 is 5.97 Å². The Morgan fingerprint density at radius 1 is 1.69 bits per heavy atom. The molecule has 0 fully saturated rings. The van der Waals surface area contributed by atoms with E-state index in [9.17, 15) is 4.79 Å². The van der Waals surface area contributed by atoms with Gasteiger partial charge in [0.2, 0.25) is 0 Å². The quantitative estimate of drug-likeness (QED) is 0.567. The Hall–Kier alpha value is -1.74. The number of anilines is 1. The Morgan fingerprint density at radius 2 is 2.50 bits per heavy atom. The lowest BCUT2D eigenvalue weighted by Crippen LogP contribution is -2.11. The first-order valence-electron chi connectivity index (χ1n) is 4.54. The Balaban J connectivity index is 2.47. The summed E-state index contributed by atoms with van der Waals surface area (Å²) in [4.78, 5) is 18.3. The molecular formula is C10H11N3O2S. The van der Waals surface area contributed by atoms with Crippen LogP contribution in [0.1, 0.15) is 10.4 Å². The average molecular weight is 237 g/mol. The van der Waals surface area contributed by atoms with Crippen LogP contribution in [0.4, 0.5) is 5.82 Å². The zero-order valence-corrected chi connectivity index (χ0v) is 9.33. The summed E-state index contributed by atoms with van der Waals surface area (Å²) in [5, 5.41) is 11.8. The fourth-order valence-corrected chi connectivity index (χ4v) is 1.51. The molecule has 0 unspecified atom stereocenters. The van der Waals surface area contributed by atoms with Gasteiger partial charge in [-0.2, -0.15) is 0 Å². The van der Waals surface area contributed by atoms with Crippen LogP contribution in [-0.4, -0.2) is 39.1 Å². The monoisotopic (exact) mass is 237 g/mol. The van der Waals surface area contributed by atoms with Gasteiger partial charge in [-0.3, -0.25) is 0 Å². The summed E-state index contributed by atoms with van der Waals surface area (Å²) in [5.41, 5.74) is 0.0736. The van der Waals surface area contributed by atoms with Crippen LogP contribution in [0.2, 0.25) is 0 Å². The fraction of sp³-hybridized carbons (Fsp3) is 0.300. The lowest BCUT2D eigenvalue weighted by molar-refractivity contribution is 0.0697. The summed E-state index contributed by atoms with van der Waals surface area (Å²) in [6.07, 6.45) is 7.68. The third-order valence-electron chi connectivity index (χ3n) is 1.67. The van der Waals surface area contributed by atoms with Crippen LogP contribution >= 0.6 is 11.8 Å². The largest absolute Gasteiger partial charge is 0.477 e. The maximum absolute atomic E-state index is 10.8. The number of carboxylic acids is 1. The van der Waals surface area contributed by atoms with Crippen LogP contribution in [0.25, 0.3) is 0 Å². The lowest BCUT2D eigenvalue weighted by atomic mass is 10.3. The molecule has 6 heteroatoms. The zero-order valence-electron chi connectivity index (χ0n) is 8.51. The minimum absolute atomic E-state index is 0.0736. The molecular weight excluding hydrogens is 226 g/mol. The van der Waals surface area contributed by atoms with E-state index >= 15 is 0 Å². The standard InChI is InChI=1S/C10H11N3O2S/c1-2-4-16-5-3-12-9-8(10(14)15)6-11-7-13-9/h1,6-7H,3-5H2,(H,14,15)(H,11,12,13). The van der Waals surface area contributed by atoms with Gasteiger partial charge in [0.15, 0.2) is 0 Å². The van der Waals surface area contributed by atoms with E-state index in [1.54, 1.807) is 11.8 Å². The van der Waals surface area contributed by atoms with Crippen molar-refractivity contribution >= 4 is 23.5 Å². The van der Waals surface area contributed by atoms with E-state index in [-0.39, 0.29) is 5.56 Å². The molecule has 1 aromatic rings. The van der Waals surface area contributed by atoms with Gasteiger partial charge in [0, 0.05) is 18.5 Å². The first kappa shape index (κ1) is 12.3. The normalized spacial score (nSPS) is 9.44. The van der Waals surface area contributed by atoms with E-state index in [0.29, 0.717) is 18.1 Å². The number of terminal acetylenes is 1. The van der Waals surface area contributed by atoms with Gasteiger partial charge in [-0.1, -0.05) is 5.92 Å². The molecule has 0 radical (unpaired) electrons. The van der Waals surface area contributed by atoms with Crippen molar-refractivity contribution in [2.24, 2.45) is 0 Å². The van der Waals surface area contributed by atoms with Gasteiger partial charge in [-0.15, -0.1) is 18.2 Å². The van der Waals surface area contributed by atoms with Crippen LogP contribution in [0.15, 0.2) is 12.5 Å². The van der Waals surface area contributed by atoms with Crippen LogP contribution in [0.3, 0.4) is 0 Å². The van der Waals surface area contributed by atoms with Gasteiger partial charge in [0.1, 0.15) is 17.7 Å². The molecule has 0 aromatic carbocycles. The number of nitrogens with zero attached hydrogens (tertiary/aromatic N) is 2. The second-order valence-corrected chi connectivity index (χ2v) is 3.88. The number of aromatic carboxylic acids is 1. The number of carbonyl (C=O) groups is 1. The highest BCUT2D eigenvalue weighted by Gasteiger charge is 2.10. The van der Waals surface area contributed by atoms with Gasteiger partial charge in [-0.25, -0.2) is 14.8 Å². The van der Waals surface area contributed by atoms with E-state index in [1.807, 2.05) is 0 Å². The molecule has 0 atom stereocenters. The van der Waals surface area contributed by atoms with Crippen molar-refractivity contribution in [3.63, 3.8) is 0 Å². The number of thioether (sulfide) groups is 1. The fourth-order valence-electron chi connectivity index (χ4n) is 1.000. The highest BCUT2D eigenvalue weighted by atomic mass is 32.2. The van der Waals surface area contributed by atoms with Gasteiger partial charge >= 0.3 is 5.97 Å². The molecule has 0 spiro atoms. The number of hydrogen-bond donors (Lipinski definition) is 2. The lowest BCUT2D eigenvalue weighted by Gasteiger charge is -2.06. The van der Waals surface area contributed by atoms with Gasteiger partial charge in [-0.05, 0) is 0 Å². The molecule has 0 saturated heterocycles. The Bertz CT molecular complexity index is 403. The average Bonchev–Trinajstić information content (AvgIpc) is 2.29. The zero-order chi connectivity index (χ0) is 11.8. The maximum Gasteiger partial charge on any atom is 0.341 e. The molecule has 0 saturated carbocycles. The molecule has 0 aliphatic heterocycles. The number of rotatable bonds is 6. The van der Waals surface area contributed by atoms with Gasteiger partial charge in [0.25, 0.3) is 0 Å². The van der Waals surface area contributed by atoms with Crippen molar-refractivity contribution in [3.05, 3.63) is 18.1 Å². The topological polar surface area (TPSA) is 75.1 Å². The van der Waals surface area contributed by atoms with Crippen LogP contribution < -0.4 is 5.32 Å². The molecule has 2 N–H and O–H groups in total. The van der Waals surface area contributed by atoms with Crippen LogP contribution in [-0.2, 0) is 0 Å². The minimum Gasteiger partial charge on any atom is -0.477 e. The van der Waals surface area contributed by atoms with E-state index in [1.165, 1.54) is 12.5 Å². The molecule has 5 nitrogen and oxygen atoms in total. The molecule has 1 aromatic heterocycles. The van der Waals surface area contributed by atoms with E-state index in [4.69, 9.17) is 11.5 Å². The smallest absolute Gasteiger partial charge is 0.341 e. The summed E-state index contributed by atoms with van der Waals surface area (Å²) in [5.74, 6) is 3.25. The molecule has 16 heavy (non-hydrogen) atoms. The predicted molar refractivity (Wildman–Crippen MR) is 63.6 cm³/mol. The van der Waals surface area contributed by atoms with Crippen molar-refractivity contribution in [1.29, 1.82) is 0 Å². The Morgan fingerprint density at radius 3 is 3.19 bits per heavy atom. The minimum atomic E-state index is -1.04. The SMILES string of the molecule is C#CCSCCNc1ncncc1C(=O)O. The third-order valence-corrected chi connectivity index (χ3v) is 2.53. The summed E-state index contributed by atoms with van der Waals surface area (Å²) < 4.78 is 0. The van der Waals surface area contributed by atoms with Crippen molar-refractivity contribution < 1.29 is 9.90 Å². The van der Waals surface area contributed by atoms with E-state index in [2.05, 4.69) is 21.2 Å². The second kappa shape index (κ2) is 6.69. The van der Waals surface area contributed by atoms with Crippen molar-refractivity contribution in [3.8, 4) is 12.3 Å². The molecule has 1 heterocycles. The summed E-state index contributed by atoms with van der Waals surface area (Å²) in [7, 11) is 0. The highest BCUT2D eigenvalue weighted by molar-refractivity contribution is 7.99. The molecule has 0 amide bonds. The Labute approximate surface area is 97.7 Å². The van der Waals surface area contributed by atoms with E-state index in [0.717, 1.165) is 5.75 Å². The Kier molecular flexibility index (Phi) is 5.16. The summed E-state index contributed by atoms with van der Waals surface area (Å²) in [6, 6.07) is 0. The molecule has 0 bridgehead atoms. The number of hydrogen-bond acceptors (Lipinski definition) is 5. The van der Waals surface area contributed by atoms with Gasteiger partial charge in [0.05, 0.1) is 5.75 Å². The number of aromatic nitrogens is 2.